The number of hydrogen-bond donors (Lipinski definition) is 1. The molecule has 110 valence electrons. The predicted octanol–water partition coefficient (Wildman–Crippen LogP) is 1.65. The maximum atomic E-state index is 12.9. The van der Waals surface area contributed by atoms with Gasteiger partial charge in [-0.15, -0.1) is 0 Å². The highest BCUT2D eigenvalue weighted by Crippen LogP contribution is 2.33. The van der Waals surface area contributed by atoms with Crippen LogP contribution in [0, 0.1) is 11.3 Å². The lowest BCUT2D eigenvalue weighted by atomic mass is 9.76. The van der Waals surface area contributed by atoms with Gasteiger partial charge in [0.1, 0.15) is 0 Å². The Bertz CT molecular complexity index is 299. The molecular weight excluding hydrogens is 240 g/mol. The molecule has 19 heavy (non-hydrogen) atoms. The Labute approximate surface area is 116 Å². The van der Waals surface area contributed by atoms with E-state index < -0.39 is 0 Å². The van der Waals surface area contributed by atoms with E-state index in [1.807, 2.05) is 0 Å². The lowest BCUT2D eigenvalue weighted by Gasteiger charge is -2.42. The summed E-state index contributed by atoms with van der Waals surface area (Å²) in [7, 11) is 1.75. The standard InChI is InChI=1S/C15H28N2O2/c1-3-15(7-5-8-16-12-15)14(18)17-9-4-6-13(10-17)11-19-2/h13,16H,3-12H2,1-2H3. The summed E-state index contributed by atoms with van der Waals surface area (Å²) in [5.41, 5.74) is -0.146. The normalized spacial score (nSPS) is 32.3. The Balaban J connectivity index is 2.00. The Morgan fingerprint density at radius 1 is 1.47 bits per heavy atom. The molecule has 0 aromatic rings. The summed E-state index contributed by atoms with van der Waals surface area (Å²) in [5.74, 6) is 0.899. The van der Waals surface area contributed by atoms with Crippen LogP contribution in [0.15, 0.2) is 0 Å². The van der Waals surface area contributed by atoms with Crippen molar-refractivity contribution < 1.29 is 9.53 Å². The van der Waals surface area contributed by atoms with Crippen molar-refractivity contribution in [3.05, 3.63) is 0 Å². The van der Waals surface area contributed by atoms with Crippen LogP contribution in [0.3, 0.4) is 0 Å². The highest BCUT2D eigenvalue weighted by molar-refractivity contribution is 5.83. The van der Waals surface area contributed by atoms with Crippen LogP contribution in [0.1, 0.15) is 39.0 Å². The summed E-state index contributed by atoms with van der Waals surface area (Å²) >= 11 is 0. The highest BCUT2D eigenvalue weighted by Gasteiger charge is 2.41. The zero-order chi connectivity index (χ0) is 13.7. The maximum absolute atomic E-state index is 12.9. The van der Waals surface area contributed by atoms with E-state index in [-0.39, 0.29) is 5.41 Å². The number of methoxy groups -OCH3 is 1. The molecule has 1 amide bonds. The van der Waals surface area contributed by atoms with Crippen molar-refractivity contribution in [1.29, 1.82) is 0 Å². The van der Waals surface area contributed by atoms with Crippen molar-refractivity contribution in [2.45, 2.75) is 39.0 Å². The molecule has 2 fully saturated rings. The van der Waals surface area contributed by atoms with Crippen molar-refractivity contribution in [1.82, 2.24) is 10.2 Å². The topological polar surface area (TPSA) is 41.6 Å². The molecule has 0 radical (unpaired) electrons. The van der Waals surface area contributed by atoms with Crippen LogP contribution in [-0.4, -0.2) is 50.7 Å². The van der Waals surface area contributed by atoms with E-state index in [0.29, 0.717) is 11.8 Å². The lowest BCUT2D eigenvalue weighted by molar-refractivity contribution is -0.146. The van der Waals surface area contributed by atoms with Crippen molar-refractivity contribution >= 4 is 5.91 Å². The molecule has 4 heteroatoms. The van der Waals surface area contributed by atoms with Gasteiger partial charge in [0.05, 0.1) is 12.0 Å². The van der Waals surface area contributed by atoms with Crippen LogP contribution in [0.4, 0.5) is 0 Å². The molecule has 1 N–H and O–H groups in total. The Morgan fingerprint density at radius 2 is 2.32 bits per heavy atom. The minimum Gasteiger partial charge on any atom is -0.384 e. The smallest absolute Gasteiger partial charge is 0.230 e. The molecule has 4 nitrogen and oxygen atoms in total. The average molecular weight is 268 g/mol. The number of nitrogens with one attached hydrogen (secondary N) is 1. The average Bonchev–Trinajstić information content (AvgIpc) is 2.48. The minimum absolute atomic E-state index is 0.146. The summed E-state index contributed by atoms with van der Waals surface area (Å²) in [6.07, 6.45) is 5.42. The van der Waals surface area contributed by atoms with Gasteiger partial charge in [-0.1, -0.05) is 6.92 Å². The number of hydrogen-bond acceptors (Lipinski definition) is 3. The number of rotatable bonds is 4. The van der Waals surface area contributed by atoms with E-state index in [9.17, 15) is 4.79 Å². The molecular formula is C15H28N2O2. The van der Waals surface area contributed by atoms with E-state index in [1.165, 1.54) is 6.42 Å². The number of nitrogens with zero attached hydrogens (tertiary/aromatic N) is 1. The van der Waals surface area contributed by atoms with Gasteiger partial charge in [0.25, 0.3) is 0 Å². The van der Waals surface area contributed by atoms with Gasteiger partial charge in [-0.3, -0.25) is 4.79 Å². The highest BCUT2D eigenvalue weighted by atomic mass is 16.5. The fourth-order valence-corrected chi connectivity index (χ4v) is 3.56. The van der Waals surface area contributed by atoms with E-state index in [2.05, 4.69) is 17.1 Å². The molecule has 2 saturated heterocycles. The van der Waals surface area contributed by atoms with Crippen molar-refractivity contribution in [3.8, 4) is 0 Å². The van der Waals surface area contributed by atoms with E-state index >= 15 is 0 Å². The Hall–Kier alpha value is -0.610. The molecule has 2 rings (SSSR count). The van der Waals surface area contributed by atoms with E-state index in [0.717, 1.165) is 58.5 Å². The second-order valence-electron chi connectivity index (χ2n) is 6.13. The van der Waals surface area contributed by atoms with Gasteiger partial charge in [0.15, 0.2) is 0 Å². The number of piperidine rings is 2. The third-order valence-electron chi connectivity index (χ3n) is 4.81. The lowest BCUT2D eigenvalue weighted by Crippen LogP contribution is -2.54. The first-order valence-electron chi connectivity index (χ1n) is 7.71. The molecule has 0 aromatic heterocycles. The second kappa shape index (κ2) is 6.71. The first-order valence-corrected chi connectivity index (χ1v) is 7.71. The molecule has 2 heterocycles. The number of carbonyl (C=O) groups excluding carboxylic acids is 1. The van der Waals surface area contributed by atoms with E-state index in [4.69, 9.17) is 4.74 Å². The molecule has 0 aromatic carbocycles. The zero-order valence-electron chi connectivity index (χ0n) is 12.4. The van der Waals surface area contributed by atoms with Gasteiger partial charge < -0.3 is 15.0 Å². The number of ether oxygens (including phenoxy) is 1. The monoisotopic (exact) mass is 268 g/mol. The van der Waals surface area contributed by atoms with Crippen molar-refractivity contribution in [2.24, 2.45) is 11.3 Å². The first-order chi connectivity index (χ1) is 9.22. The first kappa shape index (κ1) is 14.8. The fourth-order valence-electron chi connectivity index (χ4n) is 3.56. The summed E-state index contributed by atoms with van der Waals surface area (Å²) in [6, 6.07) is 0. The number of amides is 1. The summed E-state index contributed by atoms with van der Waals surface area (Å²) in [5, 5.41) is 3.41. The Morgan fingerprint density at radius 3 is 2.95 bits per heavy atom. The molecule has 2 atom stereocenters. The van der Waals surface area contributed by atoms with Gasteiger partial charge in [-0.25, -0.2) is 0 Å². The second-order valence-corrected chi connectivity index (χ2v) is 6.13. The van der Waals surface area contributed by atoms with Crippen LogP contribution in [0.2, 0.25) is 0 Å². The van der Waals surface area contributed by atoms with Crippen LogP contribution >= 0.6 is 0 Å². The summed E-state index contributed by atoms with van der Waals surface area (Å²) in [4.78, 5) is 15.0. The largest absolute Gasteiger partial charge is 0.384 e. The summed E-state index contributed by atoms with van der Waals surface area (Å²) < 4.78 is 5.26. The zero-order valence-corrected chi connectivity index (χ0v) is 12.4. The van der Waals surface area contributed by atoms with Crippen LogP contribution < -0.4 is 5.32 Å². The van der Waals surface area contributed by atoms with Gasteiger partial charge in [-0.05, 0) is 44.6 Å². The van der Waals surface area contributed by atoms with Gasteiger partial charge in [0.2, 0.25) is 5.91 Å². The predicted molar refractivity (Wildman–Crippen MR) is 76.0 cm³/mol. The molecule has 2 unspecified atom stereocenters. The third kappa shape index (κ3) is 3.29. The molecule has 2 aliphatic rings. The van der Waals surface area contributed by atoms with Crippen molar-refractivity contribution in [3.63, 3.8) is 0 Å². The Kier molecular flexibility index (Phi) is 5.22. The quantitative estimate of drug-likeness (QED) is 0.843. The summed E-state index contributed by atoms with van der Waals surface area (Å²) in [6.45, 7) is 6.66. The van der Waals surface area contributed by atoms with Crippen LogP contribution in [0.5, 0.6) is 0 Å². The third-order valence-corrected chi connectivity index (χ3v) is 4.81. The maximum Gasteiger partial charge on any atom is 0.230 e. The van der Waals surface area contributed by atoms with Gasteiger partial charge in [-0.2, -0.15) is 0 Å². The van der Waals surface area contributed by atoms with Gasteiger partial charge >= 0.3 is 0 Å². The molecule has 0 spiro atoms. The SMILES string of the molecule is CCC1(C(=O)N2CCCC(COC)C2)CCCNC1. The van der Waals surface area contributed by atoms with Crippen LogP contribution in [0.25, 0.3) is 0 Å². The molecule has 0 aliphatic carbocycles. The fraction of sp³-hybridized carbons (Fsp3) is 0.933. The van der Waals surface area contributed by atoms with Crippen LogP contribution in [-0.2, 0) is 9.53 Å². The van der Waals surface area contributed by atoms with E-state index in [1.54, 1.807) is 7.11 Å². The molecule has 2 aliphatic heterocycles. The number of likely N-dealkylation sites (tertiary alicyclic amines) is 1. The van der Waals surface area contributed by atoms with Crippen molar-refractivity contribution in [2.75, 3.05) is 39.9 Å². The van der Waals surface area contributed by atoms with Gasteiger partial charge in [0, 0.05) is 26.7 Å². The molecule has 0 bridgehead atoms. The minimum atomic E-state index is -0.146. The molecule has 0 saturated carbocycles. The number of carbonyl (C=O) groups is 1.